The number of nitrogen functional groups attached to an aromatic ring is 1. The van der Waals surface area contributed by atoms with Crippen molar-refractivity contribution in [3.05, 3.63) is 72.1 Å². The third kappa shape index (κ3) is 4.52. The van der Waals surface area contributed by atoms with E-state index in [0.717, 1.165) is 31.7 Å². The van der Waals surface area contributed by atoms with Crippen LogP contribution in [0, 0.1) is 0 Å². The fourth-order valence-electron chi connectivity index (χ4n) is 3.34. The van der Waals surface area contributed by atoms with Gasteiger partial charge in [0.25, 0.3) is 0 Å². The highest BCUT2D eigenvalue weighted by Crippen LogP contribution is 2.26. The van der Waals surface area contributed by atoms with Crippen LogP contribution in [-0.4, -0.2) is 34.9 Å². The van der Waals surface area contributed by atoms with Crippen LogP contribution < -0.4 is 21.1 Å². The number of nitrogens with zero attached hydrogens (tertiary/aromatic N) is 2. The Morgan fingerprint density at radius 3 is 2.55 bits per heavy atom. The van der Waals surface area contributed by atoms with Gasteiger partial charge in [0.05, 0.1) is 0 Å². The second-order valence-electron chi connectivity index (χ2n) is 6.94. The number of nitrogens with one attached hydrogen (secondary N) is 2. The van der Waals surface area contributed by atoms with Crippen molar-refractivity contribution in [1.29, 1.82) is 0 Å². The van der Waals surface area contributed by atoms with Gasteiger partial charge in [-0.3, -0.25) is 4.79 Å². The molecule has 1 aliphatic rings. The molecule has 1 atom stereocenters. The van der Waals surface area contributed by atoms with Crippen molar-refractivity contribution in [3.63, 3.8) is 0 Å². The number of anilines is 2. The lowest BCUT2D eigenvalue weighted by molar-refractivity contribution is 0.103. The molecule has 1 unspecified atom stereocenters. The van der Waals surface area contributed by atoms with Crippen molar-refractivity contribution in [2.75, 3.05) is 24.1 Å². The summed E-state index contributed by atoms with van der Waals surface area (Å²) in [5.74, 6) is 1.80. The molecule has 2 aromatic carbocycles. The number of aromatic nitrogens is 2. The number of hydrogen-bond donors (Lipinski definition) is 3. The first-order chi connectivity index (χ1) is 14.2. The molecule has 2 heterocycles. The zero-order valence-electron chi connectivity index (χ0n) is 16.0. The first-order valence-electron chi connectivity index (χ1n) is 9.66. The van der Waals surface area contributed by atoms with E-state index in [1.165, 1.54) is 6.33 Å². The Balaban J connectivity index is 1.54. The largest absolute Gasteiger partial charge is 0.457 e. The van der Waals surface area contributed by atoms with E-state index in [1.807, 2.05) is 30.3 Å². The molecule has 148 valence electrons. The highest BCUT2D eigenvalue weighted by atomic mass is 16.5. The Labute approximate surface area is 169 Å². The van der Waals surface area contributed by atoms with Crippen LogP contribution in [0.3, 0.4) is 0 Å². The minimum absolute atomic E-state index is 0.167. The predicted molar refractivity (Wildman–Crippen MR) is 112 cm³/mol. The lowest BCUT2D eigenvalue weighted by Crippen LogP contribution is -2.39. The van der Waals surface area contributed by atoms with Crippen molar-refractivity contribution in [3.8, 4) is 11.5 Å². The van der Waals surface area contributed by atoms with Gasteiger partial charge < -0.3 is 21.1 Å². The first-order valence-corrected chi connectivity index (χ1v) is 9.66. The van der Waals surface area contributed by atoms with Crippen LogP contribution in [-0.2, 0) is 0 Å². The average molecular weight is 389 g/mol. The van der Waals surface area contributed by atoms with Gasteiger partial charge in [0.1, 0.15) is 35.0 Å². The lowest BCUT2D eigenvalue weighted by atomic mass is 10.0. The van der Waals surface area contributed by atoms with Gasteiger partial charge >= 0.3 is 0 Å². The molecule has 4 rings (SSSR count). The molecule has 0 aliphatic carbocycles. The van der Waals surface area contributed by atoms with E-state index < -0.39 is 0 Å². The number of rotatable bonds is 6. The molecule has 3 aromatic rings. The van der Waals surface area contributed by atoms with Crippen LogP contribution in [0.1, 0.15) is 28.8 Å². The Morgan fingerprint density at radius 2 is 1.83 bits per heavy atom. The molecule has 7 heteroatoms. The molecular formula is C22H23N5O2. The second-order valence-corrected chi connectivity index (χ2v) is 6.94. The van der Waals surface area contributed by atoms with E-state index in [2.05, 4.69) is 20.6 Å². The highest BCUT2D eigenvalue weighted by Gasteiger charge is 2.22. The zero-order chi connectivity index (χ0) is 20.1. The van der Waals surface area contributed by atoms with Crippen molar-refractivity contribution >= 4 is 17.4 Å². The molecule has 0 radical (unpaired) electrons. The van der Waals surface area contributed by atoms with E-state index in [9.17, 15) is 4.79 Å². The lowest BCUT2D eigenvalue weighted by Gasteiger charge is -2.25. The van der Waals surface area contributed by atoms with E-state index >= 15 is 0 Å². The number of piperidine rings is 1. The number of ether oxygens (including phenoxy) is 1. The summed E-state index contributed by atoms with van der Waals surface area (Å²) in [5.41, 5.74) is 6.84. The summed E-state index contributed by atoms with van der Waals surface area (Å²) in [7, 11) is 0. The second kappa shape index (κ2) is 8.70. The Bertz CT molecular complexity index is 970. The summed E-state index contributed by atoms with van der Waals surface area (Å²) >= 11 is 0. The molecule has 1 saturated heterocycles. The van der Waals surface area contributed by atoms with E-state index in [-0.39, 0.29) is 17.6 Å². The Morgan fingerprint density at radius 1 is 1.07 bits per heavy atom. The number of ketones is 1. The van der Waals surface area contributed by atoms with Crippen LogP contribution in [0.25, 0.3) is 0 Å². The van der Waals surface area contributed by atoms with Crippen molar-refractivity contribution < 1.29 is 9.53 Å². The Kier molecular flexibility index (Phi) is 5.67. The summed E-state index contributed by atoms with van der Waals surface area (Å²) in [5, 5.41) is 6.69. The third-order valence-corrected chi connectivity index (χ3v) is 4.84. The molecule has 0 saturated carbocycles. The van der Waals surface area contributed by atoms with E-state index in [1.54, 1.807) is 24.3 Å². The highest BCUT2D eigenvalue weighted by molar-refractivity contribution is 6.14. The van der Waals surface area contributed by atoms with Crippen LogP contribution in [0.4, 0.5) is 11.6 Å². The molecule has 0 spiro atoms. The molecular weight excluding hydrogens is 366 g/mol. The third-order valence-electron chi connectivity index (χ3n) is 4.84. The Hall–Kier alpha value is -3.45. The minimum Gasteiger partial charge on any atom is -0.457 e. The molecule has 1 aromatic heterocycles. The summed E-state index contributed by atoms with van der Waals surface area (Å²) in [4.78, 5) is 21.4. The van der Waals surface area contributed by atoms with Gasteiger partial charge in [-0.2, -0.15) is 0 Å². The van der Waals surface area contributed by atoms with Crippen molar-refractivity contribution in [1.82, 2.24) is 15.3 Å². The number of hydrogen-bond acceptors (Lipinski definition) is 7. The van der Waals surface area contributed by atoms with Gasteiger partial charge in [-0.15, -0.1) is 0 Å². The van der Waals surface area contributed by atoms with Crippen LogP contribution in [0.15, 0.2) is 60.9 Å². The van der Waals surface area contributed by atoms with Gasteiger partial charge in [0.15, 0.2) is 5.78 Å². The summed E-state index contributed by atoms with van der Waals surface area (Å²) in [6.07, 6.45) is 3.46. The summed E-state index contributed by atoms with van der Waals surface area (Å²) in [6, 6.07) is 16.7. The van der Waals surface area contributed by atoms with Gasteiger partial charge in [0.2, 0.25) is 0 Å². The van der Waals surface area contributed by atoms with E-state index in [0.29, 0.717) is 22.7 Å². The molecule has 29 heavy (non-hydrogen) atoms. The normalized spacial score (nSPS) is 16.2. The maximum Gasteiger partial charge on any atom is 0.200 e. The zero-order valence-corrected chi connectivity index (χ0v) is 16.0. The smallest absolute Gasteiger partial charge is 0.200 e. The number of carbonyl (C=O) groups excluding carboxylic acids is 1. The van der Waals surface area contributed by atoms with Crippen molar-refractivity contribution in [2.45, 2.75) is 18.9 Å². The molecule has 1 fully saturated rings. The van der Waals surface area contributed by atoms with Crippen LogP contribution in [0.2, 0.25) is 0 Å². The fourth-order valence-corrected chi connectivity index (χ4v) is 3.34. The SMILES string of the molecule is Nc1ncnc(NC2CCCNC2)c1C(=O)c1ccc(Oc2ccccc2)cc1. The molecule has 1 aliphatic heterocycles. The summed E-state index contributed by atoms with van der Waals surface area (Å²) < 4.78 is 5.79. The molecule has 0 amide bonds. The molecule has 7 nitrogen and oxygen atoms in total. The monoisotopic (exact) mass is 389 g/mol. The fraction of sp³-hybridized carbons (Fsp3) is 0.227. The van der Waals surface area contributed by atoms with Crippen LogP contribution in [0.5, 0.6) is 11.5 Å². The van der Waals surface area contributed by atoms with Gasteiger partial charge in [-0.1, -0.05) is 18.2 Å². The van der Waals surface area contributed by atoms with Crippen molar-refractivity contribution in [2.24, 2.45) is 0 Å². The van der Waals surface area contributed by atoms with Gasteiger partial charge in [-0.05, 0) is 55.8 Å². The van der Waals surface area contributed by atoms with E-state index in [4.69, 9.17) is 10.5 Å². The maximum absolute atomic E-state index is 13.1. The predicted octanol–water partition coefficient (Wildman–Crippen LogP) is 3.25. The standard InChI is InChI=1S/C22H23N5O2/c23-21-19(22(26-14-25-21)27-16-5-4-12-24-13-16)20(28)15-8-10-18(11-9-15)29-17-6-2-1-3-7-17/h1-3,6-11,14,16,24H,4-5,12-13H2,(H3,23,25,26,27). The number of carbonyl (C=O) groups is 1. The number of nitrogens with two attached hydrogens (primary N) is 1. The maximum atomic E-state index is 13.1. The number of benzene rings is 2. The van der Waals surface area contributed by atoms with Crippen LogP contribution >= 0.6 is 0 Å². The van der Waals surface area contributed by atoms with Gasteiger partial charge in [-0.25, -0.2) is 9.97 Å². The average Bonchev–Trinajstić information content (AvgIpc) is 2.75. The molecule has 0 bridgehead atoms. The minimum atomic E-state index is -0.222. The van der Waals surface area contributed by atoms with Gasteiger partial charge in [0, 0.05) is 18.2 Å². The summed E-state index contributed by atoms with van der Waals surface area (Å²) in [6.45, 7) is 1.83. The number of para-hydroxylation sites is 1. The topological polar surface area (TPSA) is 102 Å². The quantitative estimate of drug-likeness (QED) is 0.556. The molecule has 4 N–H and O–H groups in total. The first kappa shape index (κ1) is 18.9.